The third-order valence-corrected chi connectivity index (χ3v) is 5.49. The number of alkyl halides is 3. The zero-order valence-corrected chi connectivity index (χ0v) is 16.8. The van der Waals surface area contributed by atoms with Gasteiger partial charge in [-0.05, 0) is 35.9 Å². The van der Waals surface area contributed by atoms with E-state index < -0.39 is 29.4 Å². The van der Waals surface area contributed by atoms with Gasteiger partial charge in [0.2, 0.25) is 5.91 Å². The number of carbonyl (C=O) groups is 2. The van der Waals surface area contributed by atoms with Crippen molar-refractivity contribution in [2.24, 2.45) is 0 Å². The Kier molecular flexibility index (Phi) is 6.57. The van der Waals surface area contributed by atoms with Gasteiger partial charge >= 0.3 is 6.18 Å². The van der Waals surface area contributed by atoms with Crippen LogP contribution in [0.15, 0.2) is 53.4 Å². The molecule has 156 valence electrons. The van der Waals surface area contributed by atoms with Crippen molar-refractivity contribution in [3.63, 3.8) is 0 Å². The van der Waals surface area contributed by atoms with Gasteiger partial charge in [0.25, 0.3) is 5.91 Å². The minimum absolute atomic E-state index is 0.0779. The smallest absolute Gasteiger partial charge is 0.325 e. The molecule has 1 fully saturated rings. The van der Waals surface area contributed by atoms with Crippen LogP contribution in [0.1, 0.15) is 17.5 Å². The molecule has 0 spiro atoms. The number of anilines is 1. The number of benzene rings is 2. The highest BCUT2D eigenvalue weighted by molar-refractivity contribution is 8.26. The molecule has 0 aromatic heterocycles. The summed E-state index contributed by atoms with van der Waals surface area (Å²) in [4.78, 5) is 26.2. The SMILES string of the molecule is O=C(CCN1C(=O)/C(=C/c2ccc(F)cc2)SC1=S)Nc1ccccc1C(F)(F)F. The van der Waals surface area contributed by atoms with E-state index in [-0.39, 0.29) is 23.0 Å². The van der Waals surface area contributed by atoms with Crippen molar-refractivity contribution >= 4 is 51.9 Å². The van der Waals surface area contributed by atoms with E-state index in [0.29, 0.717) is 10.5 Å². The third-order valence-electron chi connectivity index (χ3n) is 4.11. The summed E-state index contributed by atoms with van der Waals surface area (Å²) < 4.78 is 52.3. The van der Waals surface area contributed by atoms with Crippen molar-refractivity contribution in [3.8, 4) is 0 Å². The van der Waals surface area contributed by atoms with E-state index in [1.165, 1.54) is 41.3 Å². The molecule has 1 saturated heterocycles. The minimum atomic E-state index is -4.60. The Morgan fingerprint density at radius 1 is 1.13 bits per heavy atom. The van der Waals surface area contributed by atoms with Crippen LogP contribution >= 0.6 is 24.0 Å². The maximum Gasteiger partial charge on any atom is 0.418 e. The molecule has 0 bridgehead atoms. The van der Waals surface area contributed by atoms with Crippen molar-refractivity contribution in [1.29, 1.82) is 0 Å². The zero-order chi connectivity index (χ0) is 21.9. The Bertz CT molecular complexity index is 1020. The van der Waals surface area contributed by atoms with Gasteiger partial charge in [-0.3, -0.25) is 14.5 Å². The molecule has 2 aromatic carbocycles. The first-order valence-electron chi connectivity index (χ1n) is 8.62. The summed E-state index contributed by atoms with van der Waals surface area (Å²) in [6.07, 6.45) is -3.28. The molecule has 1 aliphatic heterocycles. The predicted molar refractivity (Wildman–Crippen MR) is 111 cm³/mol. The minimum Gasteiger partial charge on any atom is -0.325 e. The Balaban J connectivity index is 1.63. The van der Waals surface area contributed by atoms with E-state index in [4.69, 9.17) is 12.2 Å². The van der Waals surface area contributed by atoms with E-state index in [9.17, 15) is 27.2 Å². The summed E-state index contributed by atoms with van der Waals surface area (Å²) in [7, 11) is 0. The average Bonchev–Trinajstić information content (AvgIpc) is 2.94. The summed E-state index contributed by atoms with van der Waals surface area (Å²) in [5.41, 5.74) is -0.693. The van der Waals surface area contributed by atoms with Crippen LogP contribution in [0.2, 0.25) is 0 Å². The van der Waals surface area contributed by atoms with Crippen molar-refractivity contribution in [3.05, 3.63) is 70.4 Å². The Morgan fingerprint density at radius 3 is 2.47 bits per heavy atom. The second-order valence-electron chi connectivity index (χ2n) is 6.23. The number of rotatable bonds is 5. The molecule has 4 nitrogen and oxygen atoms in total. The van der Waals surface area contributed by atoms with Gasteiger partial charge in [0.15, 0.2) is 0 Å². The van der Waals surface area contributed by atoms with Gasteiger partial charge in [-0.2, -0.15) is 13.2 Å². The average molecular weight is 454 g/mol. The molecular weight excluding hydrogens is 440 g/mol. The molecular formula is C20H14F4N2O2S2. The van der Waals surface area contributed by atoms with Crippen molar-refractivity contribution in [1.82, 2.24) is 4.90 Å². The van der Waals surface area contributed by atoms with Gasteiger partial charge in [0, 0.05) is 13.0 Å². The van der Waals surface area contributed by atoms with Crippen molar-refractivity contribution in [2.45, 2.75) is 12.6 Å². The van der Waals surface area contributed by atoms with Gasteiger partial charge in [0.05, 0.1) is 16.2 Å². The number of halogens is 4. The maximum atomic E-state index is 13.0. The highest BCUT2D eigenvalue weighted by Crippen LogP contribution is 2.35. The molecule has 0 radical (unpaired) electrons. The molecule has 30 heavy (non-hydrogen) atoms. The molecule has 2 amide bonds. The van der Waals surface area contributed by atoms with Crippen LogP contribution in [0.3, 0.4) is 0 Å². The Labute approximate surface area is 178 Å². The molecule has 2 aromatic rings. The largest absolute Gasteiger partial charge is 0.418 e. The van der Waals surface area contributed by atoms with Crippen LogP contribution in [0.25, 0.3) is 6.08 Å². The van der Waals surface area contributed by atoms with Crippen LogP contribution in [-0.2, 0) is 15.8 Å². The van der Waals surface area contributed by atoms with Crippen molar-refractivity contribution < 1.29 is 27.2 Å². The molecule has 0 atom stereocenters. The fourth-order valence-corrected chi connectivity index (χ4v) is 3.98. The van der Waals surface area contributed by atoms with E-state index in [0.717, 1.165) is 23.9 Å². The summed E-state index contributed by atoms with van der Waals surface area (Å²) >= 11 is 6.21. The van der Waals surface area contributed by atoms with E-state index in [1.807, 2.05) is 0 Å². The maximum absolute atomic E-state index is 13.0. The standard InChI is InChI=1S/C20H14F4N2O2S2/c21-13-7-5-12(6-8-13)11-16-18(28)26(19(29)30-16)10-9-17(27)25-15-4-2-1-3-14(15)20(22,23)24/h1-8,11H,9-10H2,(H,25,27)/b16-11-. The van der Waals surface area contributed by atoms with Gasteiger partial charge < -0.3 is 5.32 Å². The first kappa shape index (κ1) is 22.0. The van der Waals surface area contributed by atoms with E-state index in [1.54, 1.807) is 6.08 Å². The number of thioether (sulfide) groups is 1. The predicted octanol–water partition coefficient (Wildman–Crippen LogP) is 5.07. The van der Waals surface area contributed by atoms with Gasteiger partial charge in [-0.25, -0.2) is 4.39 Å². The number of nitrogens with zero attached hydrogens (tertiary/aromatic N) is 1. The lowest BCUT2D eigenvalue weighted by atomic mass is 10.1. The van der Waals surface area contributed by atoms with Crippen LogP contribution < -0.4 is 5.32 Å². The number of para-hydroxylation sites is 1. The van der Waals surface area contributed by atoms with Crippen molar-refractivity contribution in [2.75, 3.05) is 11.9 Å². The lowest BCUT2D eigenvalue weighted by Gasteiger charge is -2.16. The molecule has 1 heterocycles. The number of amides is 2. The lowest BCUT2D eigenvalue weighted by Crippen LogP contribution is -2.31. The molecule has 1 N–H and O–H groups in total. The van der Waals surface area contributed by atoms with Crippen LogP contribution in [-0.4, -0.2) is 27.6 Å². The second kappa shape index (κ2) is 8.97. The topological polar surface area (TPSA) is 49.4 Å². The Hall–Kier alpha value is -2.72. The molecule has 0 unspecified atom stereocenters. The molecule has 0 saturated carbocycles. The van der Waals surface area contributed by atoms with Gasteiger partial charge in [0.1, 0.15) is 10.1 Å². The van der Waals surface area contributed by atoms with Crippen LogP contribution in [0, 0.1) is 5.82 Å². The van der Waals surface area contributed by atoms with Crippen LogP contribution in [0.5, 0.6) is 0 Å². The second-order valence-corrected chi connectivity index (χ2v) is 7.90. The normalized spacial score (nSPS) is 15.7. The lowest BCUT2D eigenvalue weighted by molar-refractivity contribution is -0.137. The number of nitrogens with one attached hydrogen (secondary N) is 1. The fourth-order valence-electron chi connectivity index (χ4n) is 2.67. The quantitative estimate of drug-likeness (QED) is 0.389. The first-order chi connectivity index (χ1) is 14.1. The Morgan fingerprint density at radius 2 is 1.80 bits per heavy atom. The summed E-state index contributed by atoms with van der Waals surface area (Å²) in [5.74, 6) is -1.50. The van der Waals surface area contributed by atoms with E-state index in [2.05, 4.69) is 5.32 Å². The molecule has 0 aliphatic carbocycles. The summed E-state index contributed by atoms with van der Waals surface area (Å²) in [6.45, 7) is -0.0779. The number of carbonyl (C=O) groups excluding carboxylic acids is 2. The third kappa shape index (κ3) is 5.25. The number of hydrogen-bond donors (Lipinski definition) is 1. The monoisotopic (exact) mass is 454 g/mol. The molecule has 1 aliphatic rings. The zero-order valence-electron chi connectivity index (χ0n) is 15.2. The summed E-state index contributed by atoms with van der Waals surface area (Å²) in [6, 6.07) is 10.2. The first-order valence-corrected chi connectivity index (χ1v) is 9.84. The van der Waals surface area contributed by atoms with Gasteiger partial charge in [-0.15, -0.1) is 0 Å². The summed E-state index contributed by atoms with van der Waals surface area (Å²) in [5, 5.41) is 2.23. The highest BCUT2D eigenvalue weighted by Gasteiger charge is 2.34. The van der Waals surface area contributed by atoms with Crippen LogP contribution in [0.4, 0.5) is 23.2 Å². The van der Waals surface area contributed by atoms with E-state index >= 15 is 0 Å². The number of thiocarbonyl (C=S) groups is 1. The highest BCUT2D eigenvalue weighted by atomic mass is 32.2. The van der Waals surface area contributed by atoms with Gasteiger partial charge in [-0.1, -0.05) is 48.2 Å². The molecule has 10 heteroatoms. The number of hydrogen-bond acceptors (Lipinski definition) is 4. The molecule has 3 rings (SSSR count). The fraction of sp³-hybridized carbons (Fsp3) is 0.150.